The van der Waals surface area contributed by atoms with E-state index in [-0.39, 0.29) is 0 Å². The topological polar surface area (TPSA) is 27.7 Å². The highest BCUT2D eigenvalue weighted by Crippen LogP contribution is 2.27. The Bertz CT molecular complexity index is 704. The van der Waals surface area contributed by atoms with Crippen molar-refractivity contribution in [3.63, 3.8) is 0 Å². The molecule has 0 amide bonds. The summed E-state index contributed by atoms with van der Waals surface area (Å²) in [7, 11) is 3.36. The third kappa shape index (κ3) is 3.58. The minimum atomic E-state index is 0.693. The molecule has 3 aromatic rings. The summed E-state index contributed by atoms with van der Waals surface area (Å²) < 4.78 is 16.4. The third-order valence-corrected chi connectivity index (χ3v) is 3.03. The van der Waals surface area contributed by atoms with Gasteiger partial charge in [0, 0.05) is 0 Å². The average molecular weight is 291 g/mol. The number of rotatable bonds is 5. The summed E-state index contributed by atoms with van der Waals surface area (Å²) in [6.45, 7) is 0. The molecule has 0 aliphatic rings. The Morgan fingerprint density at radius 2 is 0.818 bits per heavy atom. The highest BCUT2D eigenvalue weighted by molar-refractivity contribution is 5.39. The predicted molar refractivity (Wildman–Crippen MR) is 85.5 cm³/mol. The molecule has 0 aliphatic heterocycles. The van der Waals surface area contributed by atoms with Crippen LogP contribution in [0.4, 0.5) is 0 Å². The molecule has 0 bridgehead atoms. The van der Waals surface area contributed by atoms with E-state index < -0.39 is 0 Å². The standard InChI is InChI=1S/C19H15O3/c1-20-15-7-9-17(10-8-15)22-19-13-11-18(12-14-19)21-16-5-3-2-4-6-16/h2-14H,1H2. The maximum atomic E-state index is 5.75. The van der Waals surface area contributed by atoms with E-state index in [1.54, 1.807) is 12.1 Å². The molecule has 0 N–H and O–H groups in total. The first-order valence-electron chi connectivity index (χ1n) is 6.86. The molecule has 22 heavy (non-hydrogen) atoms. The highest BCUT2D eigenvalue weighted by atomic mass is 16.5. The van der Waals surface area contributed by atoms with E-state index in [4.69, 9.17) is 14.2 Å². The van der Waals surface area contributed by atoms with Crippen molar-refractivity contribution in [2.45, 2.75) is 0 Å². The van der Waals surface area contributed by atoms with Gasteiger partial charge in [-0.1, -0.05) is 18.2 Å². The number of hydrogen-bond acceptors (Lipinski definition) is 3. The van der Waals surface area contributed by atoms with E-state index in [9.17, 15) is 0 Å². The Hall–Kier alpha value is -2.94. The van der Waals surface area contributed by atoms with Crippen LogP contribution in [0, 0.1) is 7.11 Å². The first kappa shape index (κ1) is 14.0. The van der Waals surface area contributed by atoms with E-state index in [0.29, 0.717) is 5.75 Å². The lowest BCUT2D eigenvalue weighted by atomic mass is 10.3. The van der Waals surface area contributed by atoms with Crippen LogP contribution in [0.25, 0.3) is 0 Å². The van der Waals surface area contributed by atoms with Crippen molar-refractivity contribution in [1.29, 1.82) is 0 Å². The van der Waals surface area contributed by atoms with Crippen LogP contribution >= 0.6 is 0 Å². The molecule has 3 rings (SSSR count). The molecule has 1 radical (unpaired) electrons. The van der Waals surface area contributed by atoms with Gasteiger partial charge in [0.2, 0.25) is 0 Å². The second kappa shape index (κ2) is 6.68. The van der Waals surface area contributed by atoms with Crippen LogP contribution in [-0.4, -0.2) is 0 Å². The molecule has 3 heteroatoms. The van der Waals surface area contributed by atoms with Crippen LogP contribution < -0.4 is 14.2 Å². The van der Waals surface area contributed by atoms with Crippen molar-refractivity contribution >= 4 is 0 Å². The summed E-state index contributed by atoms with van der Waals surface area (Å²) >= 11 is 0. The molecule has 0 unspecified atom stereocenters. The molecule has 0 fully saturated rings. The van der Waals surface area contributed by atoms with Gasteiger partial charge in [-0.05, 0) is 60.7 Å². The minimum Gasteiger partial charge on any atom is -0.490 e. The fourth-order valence-electron chi connectivity index (χ4n) is 1.94. The molecule has 0 heterocycles. The Balaban J connectivity index is 1.66. The first-order valence-corrected chi connectivity index (χ1v) is 6.86. The molecule has 0 atom stereocenters. The molecule has 3 aromatic carbocycles. The van der Waals surface area contributed by atoms with Crippen LogP contribution in [0.3, 0.4) is 0 Å². The Morgan fingerprint density at radius 1 is 0.455 bits per heavy atom. The van der Waals surface area contributed by atoms with Gasteiger partial charge in [0.25, 0.3) is 0 Å². The first-order chi connectivity index (χ1) is 10.8. The van der Waals surface area contributed by atoms with E-state index in [0.717, 1.165) is 23.0 Å². The largest absolute Gasteiger partial charge is 0.490 e. The van der Waals surface area contributed by atoms with Crippen molar-refractivity contribution in [3.8, 4) is 28.7 Å². The quantitative estimate of drug-likeness (QED) is 0.626. The van der Waals surface area contributed by atoms with E-state index in [1.165, 1.54) is 0 Å². The van der Waals surface area contributed by atoms with E-state index in [2.05, 4.69) is 7.11 Å². The summed E-state index contributed by atoms with van der Waals surface area (Å²) in [6.07, 6.45) is 0. The summed E-state index contributed by atoms with van der Waals surface area (Å²) in [5.41, 5.74) is 0. The molecular formula is C19H15O3. The average Bonchev–Trinajstić information content (AvgIpc) is 2.58. The number of para-hydroxylation sites is 1. The maximum absolute atomic E-state index is 5.75. The van der Waals surface area contributed by atoms with E-state index >= 15 is 0 Å². The monoisotopic (exact) mass is 291 g/mol. The van der Waals surface area contributed by atoms with Crippen molar-refractivity contribution in [1.82, 2.24) is 0 Å². The molecule has 0 aliphatic carbocycles. The summed E-state index contributed by atoms with van der Waals surface area (Å²) in [5.74, 6) is 3.74. The van der Waals surface area contributed by atoms with E-state index in [1.807, 2.05) is 66.7 Å². The zero-order chi connectivity index (χ0) is 15.2. The number of benzene rings is 3. The van der Waals surface area contributed by atoms with Crippen molar-refractivity contribution in [2.75, 3.05) is 0 Å². The summed E-state index contributed by atoms with van der Waals surface area (Å²) in [4.78, 5) is 0. The van der Waals surface area contributed by atoms with Gasteiger partial charge in [-0.25, -0.2) is 0 Å². The highest BCUT2D eigenvalue weighted by Gasteiger charge is 2.00. The van der Waals surface area contributed by atoms with Crippen molar-refractivity contribution in [2.24, 2.45) is 0 Å². The Labute approximate surface area is 129 Å². The van der Waals surface area contributed by atoms with Crippen LogP contribution in [0.1, 0.15) is 0 Å². The zero-order valence-electron chi connectivity index (χ0n) is 11.9. The molecule has 109 valence electrons. The third-order valence-electron chi connectivity index (χ3n) is 3.03. The Morgan fingerprint density at radius 3 is 1.23 bits per heavy atom. The lowest BCUT2D eigenvalue weighted by Crippen LogP contribution is -1.86. The van der Waals surface area contributed by atoms with Crippen molar-refractivity contribution < 1.29 is 14.2 Å². The molecular weight excluding hydrogens is 276 g/mol. The minimum absolute atomic E-state index is 0.693. The Kier molecular flexibility index (Phi) is 4.25. The van der Waals surface area contributed by atoms with Gasteiger partial charge in [-0.15, -0.1) is 0 Å². The van der Waals surface area contributed by atoms with Gasteiger partial charge in [-0.2, -0.15) is 0 Å². The number of hydrogen-bond donors (Lipinski definition) is 0. The smallest absolute Gasteiger partial charge is 0.127 e. The summed E-state index contributed by atoms with van der Waals surface area (Å²) in [5, 5.41) is 0. The van der Waals surface area contributed by atoms with Gasteiger partial charge in [0.05, 0.1) is 0 Å². The van der Waals surface area contributed by atoms with Crippen molar-refractivity contribution in [3.05, 3.63) is 86.0 Å². The zero-order valence-corrected chi connectivity index (χ0v) is 11.9. The van der Waals surface area contributed by atoms with Crippen LogP contribution in [0.2, 0.25) is 0 Å². The number of ether oxygens (including phenoxy) is 3. The molecule has 0 aromatic heterocycles. The second-order valence-electron chi connectivity index (χ2n) is 4.60. The van der Waals surface area contributed by atoms with Gasteiger partial charge in [0.1, 0.15) is 35.9 Å². The maximum Gasteiger partial charge on any atom is 0.127 e. The fourth-order valence-corrected chi connectivity index (χ4v) is 1.94. The van der Waals surface area contributed by atoms with Gasteiger partial charge in [0.15, 0.2) is 0 Å². The predicted octanol–water partition coefficient (Wildman–Crippen LogP) is 5.44. The van der Waals surface area contributed by atoms with Gasteiger partial charge < -0.3 is 14.2 Å². The normalized spacial score (nSPS) is 10.0. The van der Waals surface area contributed by atoms with Gasteiger partial charge >= 0.3 is 0 Å². The fraction of sp³-hybridized carbons (Fsp3) is 0. The second-order valence-corrected chi connectivity index (χ2v) is 4.60. The lowest BCUT2D eigenvalue weighted by molar-refractivity contribution is 0.461. The molecule has 3 nitrogen and oxygen atoms in total. The van der Waals surface area contributed by atoms with Crippen LogP contribution in [0.5, 0.6) is 28.7 Å². The lowest BCUT2D eigenvalue weighted by Gasteiger charge is -2.08. The van der Waals surface area contributed by atoms with Crippen LogP contribution in [-0.2, 0) is 0 Å². The van der Waals surface area contributed by atoms with Crippen LogP contribution in [0.15, 0.2) is 78.9 Å². The SMILES string of the molecule is [CH2]Oc1ccc(Oc2ccc(Oc3ccccc3)cc2)cc1. The van der Waals surface area contributed by atoms with Gasteiger partial charge in [-0.3, -0.25) is 0 Å². The molecule has 0 saturated heterocycles. The molecule has 0 saturated carbocycles. The summed E-state index contributed by atoms with van der Waals surface area (Å²) in [6, 6.07) is 24.4. The molecule has 0 spiro atoms.